The van der Waals surface area contributed by atoms with E-state index >= 15 is 0 Å². The second kappa shape index (κ2) is 5.71. The number of esters is 1. The van der Waals surface area contributed by atoms with Gasteiger partial charge in [-0.2, -0.15) is 0 Å². The molecule has 0 aliphatic carbocycles. The summed E-state index contributed by atoms with van der Waals surface area (Å²) >= 11 is 7.31. The number of aromatic nitrogens is 1. The number of ether oxygens (including phenoxy) is 1. The van der Waals surface area contributed by atoms with Crippen LogP contribution in [0, 0.1) is 0 Å². The van der Waals surface area contributed by atoms with Crippen LogP contribution in [0.2, 0.25) is 5.02 Å². The fourth-order valence-electron chi connectivity index (χ4n) is 2.03. The molecule has 0 fully saturated rings. The SMILES string of the molecule is COC(=O)c1sccc1Nc1ccnc2cc(Cl)ccc12. The summed E-state index contributed by atoms with van der Waals surface area (Å²) in [6.07, 6.45) is 1.70. The van der Waals surface area contributed by atoms with Crippen molar-refractivity contribution in [2.75, 3.05) is 12.4 Å². The Morgan fingerprint density at radius 1 is 1.29 bits per heavy atom. The van der Waals surface area contributed by atoms with Gasteiger partial charge in [-0.3, -0.25) is 4.98 Å². The molecule has 1 N–H and O–H groups in total. The zero-order valence-corrected chi connectivity index (χ0v) is 12.7. The highest BCUT2D eigenvalue weighted by atomic mass is 35.5. The number of anilines is 2. The maximum atomic E-state index is 11.7. The number of benzene rings is 1. The number of carbonyl (C=O) groups excluding carboxylic acids is 1. The number of rotatable bonds is 3. The Balaban J connectivity index is 2.03. The Bertz CT molecular complexity index is 816. The van der Waals surface area contributed by atoms with Gasteiger partial charge in [-0.15, -0.1) is 11.3 Å². The summed E-state index contributed by atoms with van der Waals surface area (Å²) in [5.41, 5.74) is 2.37. The summed E-state index contributed by atoms with van der Waals surface area (Å²) in [6, 6.07) is 9.22. The first-order valence-corrected chi connectivity index (χ1v) is 7.42. The van der Waals surface area contributed by atoms with Crippen LogP contribution < -0.4 is 5.32 Å². The molecule has 0 saturated carbocycles. The van der Waals surface area contributed by atoms with E-state index < -0.39 is 0 Å². The summed E-state index contributed by atoms with van der Waals surface area (Å²) < 4.78 is 4.78. The zero-order valence-electron chi connectivity index (χ0n) is 11.1. The first-order chi connectivity index (χ1) is 10.2. The average molecular weight is 319 g/mol. The molecule has 0 bridgehead atoms. The van der Waals surface area contributed by atoms with Crippen molar-refractivity contribution in [2.24, 2.45) is 0 Å². The quantitative estimate of drug-likeness (QED) is 0.723. The van der Waals surface area contributed by atoms with Crippen molar-refractivity contribution in [3.05, 3.63) is 51.8 Å². The molecule has 0 aliphatic rings. The monoisotopic (exact) mass is 318 g/mol. The first-order valence-electron chi connectivity index (χ1n) is 6.16. The van der Waals surface area contributed by atoms with E-state index in [2.05, 4.69) is 10.3 Å². The normalized spacial score (nSPS) is 10.6. The number of methoxy groups -OCH3 is 1. The van der Waals surface area contributed by atoms with Crippen molar-refractivity contribution < 1.29 is 9.53 Å². The van der Waals surface area contributed by atoms with Crippen LogP contribution >= 0.6 is 22.9 Å². The molecule has 4 nitrogen and oxygen atoms in total. The van der Waals surface area contributed by atoms with E-state index in [0.717, 1.165) is 16.6 Å². The molecular formula is C15H11ClN2O2S. The van der Waals surface area contributed by atoms with E-state index in [1.54, 1.807) is 12.3 Å². The standard InChI is InChI=1S/C15H11ClN2O2S/c1-20-15(19)14-12(5-7-21-14)18-11-4-6-17-13-8-9(16)2-3-10(11)13/h2-8H,1H3,(H,17,18). The van der Waals surface area contributed by atoms with E-state index in [1.807, 2.05) is 29.6 Å². The predicted molar refractivity (Wildman–Crippen MR) is 85.7 cm³/mol. The van der Waals surface area contributed by atoms with Crippen LogP contribution in [0.25, 0.3) is 10.9 Å². The maximum Gasteiger partial charge on any atom is 0.350 e. The van der Waals surface area contributed by atoms with Gasteiger partial charge in [0.2, 0.25) is 0 Å². The zero-order chi connectivity index (χ0) is 14.8. The maximum absolute atomic E-state index is 11.7. The van der Waals surface area contributed by atoms with Crippen LogP contribution in [0.15, 0.2) is 41.9 Å². The summed E-state index contributed by atoms with van der Waals surface area (Å²) in [5.74, 6) is -0.353. The molecule has 21 heavy (non-hydrogen) atoms. The lowest BCUT2D eigenvalue weighted by Gasteiger charge is -2.09. The number of nitrogens with zero attached hydrogens (tertiary/aromatic N) is 1. The Hall–Kier alpha value is -2.11. The minimum absolute atomic E-state index is 0.353. The summed E-state index contributed by atoms with van der Waals surface area (Å²) in [5, 5.41) is 6.67. The lowest BCUT2D eigenvalue weighted by Crippen LogP contribution is -2.02. The second-order valence-electron chi connectivity index (χ2n) is 4.30. The Morgan fingerprint density at radius 2 is 2.14 bits per heavy atom. The molecule has 2 heterocycles. The lowest BCUT2D eigenvalue weighted by molar-refractivity contribution is 0.0607. The van der Waals surface area contributed by atoms with E-state index in [-0.39, 0.29) is 5.97 Å². The van der Waals surface area contributed by atoms with Gasteiger partial charge in [-0.05, 0) is 35.7 Å². The Labute approximate surface area is 130 Å². The third-order valence-corrected chi connectivity index (χ3v) is 4.14. The van der Waals surface area contributed by atoms with Crippen molar-refractivity contribution >= 4 is 51.2 Å². The molecule has 2 aromatic heterocycles. The highest BCUT2D eigenvalue weighted by Gasteiger charge is 2.14. The Kier molecular flexibility index (Phi) is 3.77. The molecule has 1 aromatic carbocycles. The molecule has 106 valence electrons. The van der Waals surface area contributed by atoms with Gasteiger partial charge in [0.15, 0.2) is 0 Å². The number of halogens is 1. The molecule has 0 amide bonds. The highest BCUT2D eigenvalue weighted by molar-refractivity contribution is 7.12. The van der Waals surface area contributed by atoms with Gasteiger partial charge in [-0.25, -0.2) is 4.79 Å². The van der Waals surface area contributed by atoms with Gasteiger partial charge in [-0.1, -0.05) is 11.6 Å². The van der Waals surface area contributed by atoms with Crippen molar-refractivity contribution in [1.82, 2.24) is 4.98 Å². The van der Waals surface area contributed by atoms with E-state index in [9.17, 15) is 4.79 Å². The summed E-state index contributed by atoms with van der Waals surface area (Å²) in [6.45, 7) is 0. The van der Waals surface area contributed by atoms with Gasteiger partial charge < -0.3 is 10.1 Å². The largest absolute Gasteiger partial charge is 0.465 e. The molecular weight excluding hydrogens is 308 g/mol. The van der Waals surface area contributed by atoms with Crippen LogP contribution in [0.1, 0.15) is 9.67 Å². The number of thiophene rings is 1. The molecule has 3 aromatic rings. The first kappa shape index (κ1) is 13.9. The van der Waals surface area contributed by atoms with Crippen LogP contribution in [0.3, 0.4) is 0 Å². The number of hydrogen-bond acceptors (Lipinski definition) is 5. The van der Waals surface area contributed by atoms with Crippen molar-refractivity contribution in [2.45, 2.75) is 0 Å². The molecule has 0 aliphatic heterocycles. The molecule has 0 spiro atoms. The third kappa shape index (κ3) is 2.70. The molecule has 3 rings (SSSR count). The second-order valence-corrected chi connectivity index (χ2v) is 5.65. The average Bonchev–Trinajstić information content (AvgIpc) is 2.94. The molecule has 0 unspecified atom stereocenters. The fraction of sp³-hybridized carbons (Fsp3) is 0.0667. The number of pyridine rings is 1. The predicted octanol–water partition coefficient (Wildman–Crippen LogP) is 4.48. The van der Waals surface area contributed by atoms with Crippen molar-refractivity contribution in [3.8, 4) is 0 Å². The summed E-state index contributed by atoms with van der Waals surface area (Å²) in [7, 11) is 1.37. The van der Waals surface area contributed by atoms with Gasteiger partial charge in [0, 0.05) is 22.3 Å². The highest BCUT2D eigenvalue weighted by Crippen LogP contribution is 2.30. The lowest BCUT2D eigenvalue weighted by atomic mass is 10.2. The van der Waals surface area contributed by atoms with Gasteiger partial charge in [0.25, 0.3) is 0 Å². The summed E-state index contributed by atoms with van der Waals surface area (Å²) in [4.78, 5) is 16.5. The van der Waals surface area contributed by atoms with Crippen LogP contribution in [-0.4, -0.2) is 18.1 Å². The minimum Gasteiger partial charge on any atom is -0.465 e. The Morgan fingerprint density at radius 3 is 2.95 bits per heavy atom. The number of hydrogen-bond donors (Lipinski definition) is 1. The molecule has 0 radical (unpaired) electrons. The third-order valence-electron chi connectivity index (χ3n) is 3.01. The van der Waals surface area contributed by atoms with Crippen molar-refractivity contribution in [3.63, 3.8) is 0 Å². The fourth-order valence-corrected chi connectivity index (χ4v) is 2.97. The van der Waals surface area contributed by atoms with E-state index in [1.165, 1.54) is 18.4 Å². The topological polar surface area (TPSA) is 51.2 Å². The van der Waals surface area contributed by atoms with E-state index in [0.29, 0.717) is 15.6 Å². The smallest absolute Gasteiger partial charge is 0.350 e. The number of fused-ring (bicyclic) bond motifs is 1. The van der Waals surface area contributed by atoms with Crippen LogP contribution in [-0.2, 0) is 4.74 Å². The molecule has 0 atom stereocenters. The van der Waals surface area contributed by atoms with E-state index in [4.69, 9.17) is 16.3 Å². The van der Waals surface area contributed by atoms with Crippen molar-refractivity contribution in [1.29, 1.82) is 0 Å². The van der Waals surface area contributed by atoms with Gasteiger partial charge >= 0.3 is 5.97 Å². The molecule has 6 heteroatoms. The van der Waals surface area contributed by atoms with Crippen LogP contribution in [0.5, 0.6) is 0 Å². The van der Waals surface area contributed by atoms with Gasteiger partial charge in [0.1, 0.15) is 4.88 Å². The number of carbonyl (C=O) groups is 1. The molecule has 0 saturated heterocycles. The minimum atomic E-state index is -0.353. The van der Waals surface area contributed by atoms with Gasteiger partial charge in [0.05, 0.1) is 18.3 Å². The number of nitrogens with one attached hydrogen (secondary N) is 1. The van der Waals surface area contributed by atoms with Crippen LogP contribution in [0.4, 0.5) is 11.4 Å².